The van der Waals surface area contributed by atoms with Crippen LogP contribution >= 0.6 is 0 Å². The molecule has 6 nitrogen and oxygen atoms in total. The Bertz CT molecular complexity index is 678. The Balaban J connectivity index is 2.11. The first-order valence-corrected chi connectivity index (χ1v) is 7.09. The van der Waals surface area contributed by atoms with Gasteiger partial charge >= 0.3 is 0 Å². The molecule has 2 atom stereocenters. The molecule has 2 unspecified atom stereocenters. The Kier molecular flexibility index (Phi) is 3.47. The topological polar surface area (TPSA) is 71.3 Å². The summed E-state index contributed by atoms with van der Waals surface area (Å²) in [5.41, 5.74) is 1.54. The molecule has 0 saturated carbocycles. The smallest absolute Gasteiger partial charge is 0.295 e. The molecule has 6 heteroatoms. The number of hydrogen-bond donors (Lipinski definition) is 1. The lowest BCUT2D eigenvalue weighted by Crippen LogP contribution is -2.54. The molecule has 110 valence electrons. The maximum absolute atomic E-state index is 11.1. The van der Waals surface area contributed by atoms with Gasteiger partial charge in [-0.25, -0.2) is 4.98 Å². The van der Waals surface area contributed by atoms with Gasteiger partial charge in [0.25, 0.3) is 5.69 Å². The van der Waals surface area contributed by atoms with Crippen LogP contribution in [0, 0.1) is 10.1 Å². The third-order valence-corrected chi connectivity index (χ3v) is 3.82. The normalized spacial score (nSPS) is 22.5. The first-order chi connectivity index (χ1) is 10.1. The van der Waals surface area contributed by atoms with Gasteiger partial charge in [-0.15, -0.1) is 0 Å². The Morgan fingerprint density at radius 1 is 1.29 bits per heavy atom. The van der Waals surface area contributed by atoms with Crippen molar-refractivity contribution >= 4 is 22.3 Å². The first-order valence-electron chi connectivity index (χ1n) is 7.09. The summed E-state index contributed by atoms with van der Waals surface area (Å²) in [7, 11) is 0. The fraction of sp³-hybridized carbons (Fsp3) is 0.400. The maximum atomic E-state index is 11.1. The number of para-hydroxylation sites is 1. The molecule has 0 bridgehead atoms. The molecule has 1 aromatic heterocycles. The van der Waals surface area contributed by atoms with Gasteiger partial charge in [-0.05, 0) is 19.9 Å². The minimum atomic E-state index is -0.373. The second-order valence-corrected chi connectivity index (χ2v) is 5.63. The molecule has 1 fully saturated rings. The van der Waals surface area contributed by atoms with E-state index in [9.17, 15) is 10.1 Å². The van der Waals surface area contributed by atoms with Gasteiger partial charge in [0.05, 0.1) is 4.92 Å². The van der Waals surface area contributed by atoms with Crippen LogP contribution in [0.15, 0.2) is 30.5 Å². The molecule has 1 aromatic carbocycles. The minimum Gasteiger partial charge on any atom is -0.368 e. The third kappa shape index (κ3) is 2.54. The molecule has 2 aromatic rings. The highest BCUT2D eigenvalue weighted by Gasteiger charge is 2.23. The molecule has 2 heterocycles. The lowest BCUT2D eigenvalue weighted by molar-refractivity contribution is -0.383. The van der Waals surface area contributed by atoms with E-state index in [1.54, 1.807) is 12.3 Å². The van der Waals surface area contributed by atoms with Crippen molar-refractivity contribution in [1.82, 2.24) is 10.3 Å². The molecule has 1 aliphatic heterocycles. The molecular formula is C15H18N4O2. The zero-order valence-corrected chi connectivity index (χ0v) is 12.1. The lowest BCUT2D eigenvalue weighted by Gasteiger charge is -2.38. The Morgan fingerprint density at radius 3 is 2.67 bits per heavy atom. The van der Waals surface area contributed by atoms with Crippen molar-refractivity contribution in [2.45, 2.75) is 25.9 Å². The van der Waals surface area contributed by atoms with Crippen molar-refractivity contribution in [3.05, 3.63) is 40.6 Å². The summed E-state index contributed by atoms with van der Waals surface area (Å²) in [6, 6.07) is 7.84. The average molecular weight is 286 g/mol. The Labute approximate surface area is 122 Å². The van der Waals surface area contributed by atoms with Gasteiger partial charge in [0.2, 0.25) is 0 Å². The van der Waals surface area contributed by atoms with Gasteiger partial charge in [-0.1, -0.05) is 12.1 Å². The number of nitrogens with zero attached hydrogens (tertiary/aromatic N) is 3. The molecule has 0 aliphatic carbocycles. The monoisotopic (exact) mass is 286 g/mol. The summed E-state index contributed by atoms with van der Waals surface area (Å²) >= 11 is 0. The summed E-state index contributed by atoms with van der Waals surface area (Å²) < 4.78 is 0. The van der Waals surface area contributed by atoms with Crippen LogP contribution in [0.2, 0.25) is 0 Å². The van der Waals surface area contributed by atoms with E-state index in [1.807, 2.05) is 12.1 Å². The number of nitro groups is 1. The number of nitro benzene ring substituents is 1. The second-order valence-electron chi connectivity index (χ2n) is 5.63. The summed E-state index contributed by atoms with van der Waals surface area (Å²) in [5.74, 6) is 0. The van der Waals surface area contributed by atoms with Crippen molar-refractivity contribution in [2.24, 2.45) is 0 Å². The number of pyridine rings is 1. The van der Waals surface area contributed by atoms with Gasteiger partial charge in [-0.2, -0.15) is 0 Å². The highest BCUT2D eigenvalue weighted by Crippen LogP contribution is 2.31. The van der Waals surface area contributed by atoms with Crippen LogP contribution in [-0.2, 0) is 0 Å². The van der Waals surface area contributed by atoms with Gasteiger partial charge in [-0.3, -0.25) is 10.1 Å². The van der Waals surface area contributed by atoms with E-state index in [0.29, 0.717) is 17.6 Å². The summed E-state index contributed by atoms with van der Waals surface area (Å²) in [5, 5.41) is 15.5. The predicted octanol–water partition coefficient (Wildman–Crippen LogP) is 2.33. The summed E-state index contributed by atoms with van der Waals surface area (Å²) in [6.07, 6.45) is 1.65. The molecule has 0 spiro atoms. The van der Waals surface area contributed by atoms with Gasteiger partial charge in [0.15, 0.2) is 0 Å². The number of hydrogen-bond acceptors (Lipinski definition) is 5. The van der Waals surface area contributed by atoms with E-state index in [2.05, 4.69) is 29.0 Å². The molecule has 1 N–H and O–H groups in total. The number of piperazine rings is 1. The van der Waals surface area contributed by atoms with Crippen molar-refractivity contribution in [2.75, 3.05) is 18.0 Å². The molecule has 21 heavy (non-hydrogen) atoms. The van der Waals surface area contributed by atoms with Gasteiger partial charge < -0.3 is 10.2 Å². The van der Waals surface area contributed by atoms with E-state index in [0.717, 1.165) is 24.2 Å². The predicted molar refractivity (Wildman–Crippen MR) is 82.7 cm³/mol. The number of benzene rings is 1. The lowest BCUT2D eigenvalue weighted by atomic mass is 10.1. The number of nitrogens with one attached hydrogen (secondary N) is 1. The number of anilines is 1. The zero-order valence-electron chi connectivity index (χ0n) is 12.1. The van der Waals surface area contributed by atoms with Crippen LogP contribution in [0.4, 0.5) is 11.4 Å². The second kappa shape index (κ2) is 5.29. The average Bonchev–Trinajstić information content (AvgIpc) is 2.44. The van der Waals surface area contributed by atoms with E-state index >= 15 is 0 Å². The minimum absolute atomic E-state index is 0.0607. The maximum Gasteiger partial charge on any atom is 0.295 e. The fourth-order valence-corrected chi connectivity index (χ4v) is 3.09. The van der Waals surface area contributed by atoms with E-state index in [-0.39, 0.29) is 10.6 Å². The van der Waals surface area contributed by atoms with Crippen LogP contribution in [0.25, 0.3) is 10.9 Å². The van der Waals surface area contributed by atoms with Gasteiger partial charge in [0, 0.05) is 48.5 Å². The zero-order chi connectivity index (χ0) is 15.0. The molecule has 3 rings (SSSR count). The van der Waals surface area contributed by atoms with Crippen molar-refractivity contribution in [1.29, 1.82) is 0 Å². The van der Waals surface area contributed by atoms with E-state index < -0.39 is 0 Å². The number of non-ortho nitro benzene ring substituents is 1. The van der Waals surface area contributed by atoms with Crippen LogP contribution in [0.5, 0.6) is 0 Å². The number of aromatic nitrogens is 1. The molecule has 1 saturated heterocycles. The highest BCUT2D eigenvalue weighted by atomic mass is 16.6. The van der Waals surface area contributed by atoms with Crippen molar-refractivity contribution < 1.29 is 4.92 Å². The molecule has 1 aliphatic rings. The molecule has 0 amide bonds. The Hall–Kier alpha value is -2.21. The van der Waals surface area contributed by atoms with E-state index in [1.165, 1.54) is 6.07 Å². The highest BCUT2D eigenvalue weighted by molar-refractivity contribution is 5.96. The fourth-order valence-electron chi connectivity index (χ4n) is 3.09. The third-order valence-electron chi connectivity index (χ3n) is 3.82. The number of fused-ring (bicyclic) bond motifs is 1. The van der Waals surface area contributed by atoms with E-state index in [4.69, 9.17) is 0 Å². The largest absolute Gasteiger partial charge is 0.368 e. The van der Waals surface area contributed by atoms with Crippen LogP contribution in [0.1, 0.15) is 13.8 Å². The number of rotatable bonds is 2. The van der Waals surface area contributed by atoms with Crippen molar-refractivity contribution in [3.8, 4) is 0 Å². The van der Waals surface area contributed by atoms with Crippen molar-refractivity contribution in [3.63, 3.8) is 0 Å². The van der Waals surface area contributed by atoms with Crippen LogP contribution in [0.3, 0.4) is 0 Å². The van der Waals surface area contributed by atoms with Crippen LogP contribution in [-0.4, -0.2) is 35.1 Å². The van der Waals surface area contributed by atoms with Crippen LogP contribution < -0.4 is 10.2 Å². The standard InChI is InChI=1S/C15H18N4O2/c1-10-8-18(9-11(2)17-10)13-6-7-16-15-12(13)4-3-5-14(15)19(20)21/h3-7,10-11,17H,8-9H2,1-2H3. The quantitative estimate of drug-likeness (QED) is 0.677. The van der Waals surface area contributed by atoms with Gasteiger partial charge in [0.1, 0.15) is 5.52 Å². The molecular weight excluding hydrogens is 268 g/mol. The molecule has 0 radical (unpaired) electrons. The summed E-state index contributed by atoms with van der Waals surface area (Å²) in [4.78, 5) is 17.3. The Morgan fingerprint density at radius 2 is 2.00 bits per heavy atom. The SMILES string of the molecule is CC1CN(c2ccnc3c([N+](=O)[O-])cccc23)CC(C)N1. The summed E-state index contributed by atoms with van der Waals surface area (Å²) in [6.45, 7) is 6.06. The first kappa shape index (κ1) is 13.8.